The summed E-state index contributed by atoms with van der Waals surface area (Å²) in [6.07, 6.45) is 1.39. The molecule has 1 saturated heterocycles. The maximum Gasteiger partial charge on any atom is 0.509 e. The Morgan fingerprint density at radius 1 is 1.56 bits per heavy atom. The second-order valence-electron chi connectivity index (χ2n) is 5.40. The summed E-state index contributed by atoms with van der Waals surface area (Å²) in [5.41, 5.74) is -1.81. The van der Waals surface area contributed by atoms with Crippen LogP contribution in [0.2, 0.25) is 0 Å². The van der Waals surface area contributed by atoms with Crippen molar-refractivity contribution in [2.45, 2.75) is 44.8 Å². The minimum atomic E-state index is -1.16. The molecule has 0 saturated carbocycles. The van der Waals surface area contributed by atoms with Gasteiger partial charge in [-0.2, -0.15) is 0 Å². The molecule has 0 radical (unpaired) electrons. The lowest BCUT2D eigenvalue weighted by atomic mass is 9.89. The highest BCUT2D eigenvalue weighted by atomic mass is 16.7. The second kappa shape index (κ2) is 5.52. The van der Waals surface area contributed by atoms with Gasteiger partial charge in [-0.05, 0) is 20.8 Å². The fourth-order valence-corrected chi connectivity index (χ4v) is 1.80. The summed E-state index contributed by atoms with van der Waals surface area (Å²) in [6.45, 7) is 9.75. The molecule has 1 aliphatic heterocycles. The molecule has 18 heavy (non-hydrogen) atoms. The van der Waals surface area contributed by atoms with Crippen molar-refractivity contribution in [1.29, 1.82) is 0 Å². The average Bonchev–Trinajstić information content (AvgIpc) is 2.20. The molecule has 1 N–H and O–H groups in total. The number of carbonyl (C=O) groups is 2. The van der Waals surface area contributed by atoms with Crippen LogP contribution in [0.4, 0.5) is 4.79 Å². The van der Waals surface area contributed by atoms with Crippen LogP contribution in [0.1, 0.15) is 33.6 Å². The third-order valence-corrected chi connectivity index (χ3v) is 2.59. The molecule has 102 valence electrons. The number of Topliss-reactive ketones (excluding diaryl/α,β-unsaturated/α-hetero) is 1. The Kier molecular flexibility index (Phi) is 4.51. The Balaban J connectivity index is 2.76. The molecule has 5 nitrogen and oxygen atoms in total. The van der Waals surface area contributed by atoms with Gasteiger partial charge in [-0.3, -0.25) is 4.79 Å². The Labute approximate surface area is 108 Å². The van der Waals surface area contributed by atoms with E-state index < -0.39 is 17.4 Å². The van der Waals surface area contributed by atoms with Gasteiger partial charge in [0.2, 0.25) is 0 Å². The Morgan fingerprint density at radius 3 is 2.72 bits per heavy atom. The maximum absolute atomic E-state index is 12.0. The van der Waals surface area contributed by atoms with Gasteiger partial charge in [-0.1, -0.05) is 6.08 Å². The number of piperidine rings is 1. The lowest BCUT2D eigenvalue weighted by Crippen LogP contribution is -2.55. The van der Waals surface area contributed by atoms with Gasteiger partial charge in [0.15, 0.2) is 11.4 Å². The van der Waals surface area contributed by atoms with Crippen molar-refractivity contribution in [1.82, 2.24) is 5.32 Å². The standard InChI is InChI=1S/C13H21NO4/c1-5-7-13(9-14-8-6-10(13)15)18-11(16)17-12(2,3)4/h5,14H,1,6-9H2,2-4H3. The van der Waals surface area contributed by atoms with E-state index in [0.29, 0.717) is 19.5 Å². The molecule has 0 amide bonds. The van der Waals surface area contributed by atoms with E-state index in [1.165, 1.54) is 0 Å². The number of nitrogens with one attached hydrogen (secondary N) is 1. The van der Waals surface area contributed by atoms with Crippen LogP contribution in [0.3, 0.4) is 0 Å². The summed E-state index contributed by atoms with van der Waals surface area (Å²) in [5, 5.41) is 3.06. The first-order valence-corrected chi connectivity index (χ1v) is 6.06. The summed E-state index contributed by atoms with van der Waals surface area (Å²) < 4.78 is 10.3. The Morgan fingerprint density at radius 2 is 2.22 bits per heavy atom. The van der Waals surface area contributed by atoms with Gasteiger partial charge in [0.05, 0.1) is 0 Å². The normalized spacial score (nSPS) is 24.5. The van der Waals surface area contributed by atoms with Crippen LogP contribution >= 0.6 is 0 Å². The second-order valence-corrected chi connectivity index (χ2v) is 5.40. The summed E-state index contributed by atoms with van der Waals surface area (Å²) in [6, 6.07) is 0. The van der Waals surface area contributed by atoms with Crippen molar-refractivity contribution in [2.24, 2.45) is 0 Å². The first-order valence-electron chi connectivity index (χ1n) is 6.06. The monoisotopic (exact) mass is 255 g/mol. The number of ether oxygens (including phenoxy) is 2. The summed E-state index contributed by atoms with van der Waals surface area (Å²) >= 11 is 0. The molecule has 1 rings (SSSR count). The molecule has 0 aliphatic carbocycles. The van der Waals surface area contributed by atoms with Crippen molar-refractivity contribution in [3.63, 3.8) is 0 Å². The third-order valence-electron chi connectivity index (χ3n) is 2.59. The van der Waals surface area contributed by atoms with E-state index in [-0.39, 0.29) is 12.2 Å². The van der Waals surface area contributed by atoms with Gasteiger partial charge in [0.25, 0.3) is 0 Å². The third kappa shape index (κ3) is 3.84. The molecule has 0 aromatic carbocycles. The van der Waals surface area contributed by atoms with Crippen molar-refractivity contribution in [3.8, 4) is 0 Å². The van der Waals surface area contributed by atoms with E-state index in [4.69, 9.17) is 9.47 Å². The Hall–Kier alpha value is -1.36. The van der Waals surface area contributed by atoms with Crippen LogP contribution in [-0.2, 0) is 14.3 Å². The molecule has 1 aliphatic rings. The molecule has 1 unspecified atom stereocenters. The van der Waals surface area contributed by atoms with E-state index in [2.05, 4.69) is 11.9 Å². The van der Waals surface area contributed by atoms with Gasteiger partial charge < -0.3 is 14.8 Å². The fraction of sp³-hybridized carbons (Fsp3) is 0.692. The van der Waals surface area contributed by atoms with Crippen LogP contribution < -0.4 is 5.32 Å². The molecule has 0 bridgehead atoms. The predicted molar refractivity (Wildman–Crippen MR) is 67.4 cm³/mol. The fourth-order valence-electron chi connectivity index (χ4n) is 1.80. The lowest BCUT2D eigenvalue weighted by molar-refractivity contribution is -0.144. The zero-order valence-corrected chi connectivity index (χ0v) is 11.2. The maximum atomic E-state index is 12.0. The van der Waals surface area contributed by atoms with Crippen LogP contribution in [-0.4, -0.2) is 36.2 Å². The van der Waals surface area contributed by atoms with Crippen molar-refractivity contribution < 1.29 is 19.1 Å². The lowest BCUT2D eigenvalue weighted by Gasteiger charge is -2.35. The van der Waals surface area contributed by atoms with Crippen LogP contribution in [0, 0.1) is 0 Å². The molecule has 0 spiro atoms. The van der Waals surface area contributed by atoms with Crippen molar-refractivity contribution in [3.05, 3.63) is 12.7 Å². The van der Waals surface area contributed by atoms with Crippen molar-refractivity contribution in [2.75, 3.05) is 13.1 Å². The molecule has 1 atom stereocenters. The number of hydrogen-bond donors (Lipinski definition) is 1. The van der Waals surface area contributed by atoms with E-state index in [1.807, 2.05) is 0 Å². The molecular weight excluding hydrogens is 234 g/mol. The zero-order valence-electron chi connectivity index (χ0n) is 11.2. The molecular formula is C13H21NO4. The highest BCUT2D eigenvalue weighted by molar-refractivity contribution is 5.90. The topological polar surface area (TPSA) is 64.6 Å². The van der Waals surface area contributed by atoms with Crippen LogP contribution in [0.5, 0.6) is 0 Å². The molecule has 0 aromatic rings. The van der Waals surface area contributed by atoms with E-state index in [1.54, 1.807) is 26.8 Å². The van der Waals surface area contributed by atoms with Crippen LogP contribution in [0.15, 0.2) is 12.7 Å². The van der Waals surface area contributed by atoms with Gasteiger partial charge in [0.1, 0.15) is 5.60 Å². The number of carbonyl (C=O) groups excluding carboxylic acids is 2. The number of hydrogen-bond acceptors (Lipinski definition) is 5. The zero-order chi connectivity index (χ0) is 13.8. The molecule has 0 aromatic heterocycles. The minimum absolute atomic E-state index is 0.0907. The van der Waals surface area contributed by atoms with E-state index in [0.717, 1.165) is 0 Å². The minimum Gasteiger partial charge on any atom is -0.429 e. The van der Waals surface area contributed by atoms with Crippen LogP contribution in [0.25, 0.3) is 0 Å². The molecule has 1 fully saturated rings. The highest BCUT2D eigenvalue weighted by Gasteiger charge is 2.43. The largest absolute Gasteiger partial charge is 0.509 e. The summed E-state index contributed by atoms with van der Waals surface area (Å²) in [7, 11) is 0. The summed E-state index contributed by atoms with van der Waals surface area (Å²) in [4.78, 5) is 23.7. The van der Waals surface area contributed by atoms with E-state index >= 15 is 0 Å². The first-order chi connectivity index (χ1) is 8.29. The predicted octanol–water partition coefficient (Wildman–Crippen LogP) is 1.82. The average molecular weight is 255 g/mol. The number of ketones is 1. The molecule has 5 heteroatoms. The van der Waals surface area contributed by atoms with Gasteiger partial charge in [-0.15, -0.1) is 6.58 Å². The smallest absolute Gasteiger partial charge is 0.429 e. The number of rotatable bonds is 3. The van der Waals surface area contributed by atoms with Gasteiger partial charge in [0, 0.05) is 25.9 Å². The van der Waals surface area contributed by atoms with Gasteiger partial charge >= 0.3 is 6.16 Å². The van der Waals surface area contributed by atoms with Crippen molar-refractivity contribution >= 4 is 11.9 Å². The highest BCUT2D eigenvalue weighted by Crippen LogP contribution is 2.24. The Bertz CT molecular complexity index is 345. The SMILES string of the molecule is C=CCC1(OC(=O)OC(C)(C)C)CNCCC1=O. The quantitative estimate of drug-likeness (QED) is 0.615. The first kappa shape index (κ1) is 14.7. The van der Waals surface area contributed by atoms with Gasteiger partial charge in [-0.25, -0.2) is 4.79 Å². The molecule has 1 heterocycles. The van der Waals surface area contributed by atoms with E-state index in [9.17, 15) is 9.59 Å². The summed E-state index contributed by atoms with van der Waals surface area (Å²) in [5.74, 6) is -0.0907.